The van der Waals surface area contributed by atoms with Crippen molar-refractivity contribution in [3.05, 3.63) is 47.9 Å². The van der Waals surface area contributed by atoms with Crippen LogP contribution < -0.4 is 4.57 Å². The van der Waals surface area contributed by atoms with Gasteiger partial charge in [0, 0.05) is 5.92 Å². The van der Waals surface area contributed by atoms with Gasteiger partial charge in [-0.3, -0.25) is 0 Å². The number of oxazole rings is 1. The lowest BCUT2D eigenvalue weighted by Crippen LogP contribution is -2.30. The molecule has 2 aromatic heterocycles. The molecule has 122 valence electrons. The van der Waals surface area contributed by atoms with E-state index < -0.39 is 0 Å². The molecule has 0 radical (unpaired) electrons. The van der Waals surface area contributed by atoms with Gasteiger partial charge in [-0.1, -0.05) is 32.0 Å². The topological polar surface area (TPSA) is 34.8 Å². The predicted octanol–water partition coefficient (Wildman–Crippen LogP) is 4.24. The van der Waals surface area contributed by atoms with Crippen LogP contribution in [-0.2, 0) is 14.1 Å². The molecule has 0 spiro atoms. The van der Waals surface area contributed by atoms with E-state index >= 15 is 0 Å². The standard InChI is InChI=1S/C20H22N3O/c1-12(2)19-21-14-11-10-13(3)17(18(14)24-19)20-22(4)15-8-6-7-9-16(15)23(20)5/h6-12H,1-5H3/q+1. The van der Waals surface area contributed by atoms with E-state index in [1.165, 1.54) is 16.6 Å². The molecule has 4 rings (SSSR count). The van der Waals surface area contributed by atoms with Crippen LogP contribution in [0.1, 0.15) is 31.2 Å². The zero-order chi connectivity index (χ0) is 17.0. The first-order valence-electron chi connectivity index (χ1n) is 8.33. The van der Waals surface area contributed by atoms with Gasteiger partial charge in [0.1, 0.15) is 11.1 Å². The van der Waals surface area contributed by atoms with Crippen LogP contribution in [0.2, 0.25) is 0 Å². The third kappa shape index (κ3) is 1.99. The van der Waals surface area contributed by atoms with Crippen LogP contribution in [0, 0.1) is 6.92 Å². The number of aryl methyl sites for hydroxylation is 3. The molecule has 4 heteroatoms. The third-order valence-corrected chi connectivity index (χ3v) is 4.74. The maximum atomic E-state index is 6.16. The third-order valence-electron chi connectivity index (χ3n) is 4.74. The van der Waals surface area contributed by atoms with Crippen LogP contribution in [0.3, 0.4) is 0 Å². The molecule has 24 heavy (non-hydrogen) atoms. The second-order valence-corrected chi connectivity index (χ2v) is 6.74. The average Bonchev–Trinajstić information content (AvgIpc) is 3.10. The van der Waals surface area contributed by atoms with Gasteiger partial charge in [-0.2, -0.15) is 0 Å². The van der Waals surface area contributed by atoms with Gasteiger partial charge in [0.25, 0.3) is 5.82 Å². The highest BCUT2D eigenvalue weighted by Crippen LogP contribution is 2.33. The normalized spacial score (nSPS) is 11.9. The van der Waals surface area contributed by atoms with E-state index in [-0.39, 0.29) is 5.92 Å². The van der Waals surface area contributed by atoms with Gasteiger partial charge < -0.3 is 4.42 Å². The predicted molar refractivity (Wildman–Crippen MR) is 95.9 cm³/mol. The molecule has 0 aliphatic heterocycles. The molecule has 0 unspecified atom stereocenters. The van der Waals surface area contributed by atoms with Crippen molar-refractivity contribution in [2.75, 3.05) is 0 Å². The molecular weight excluding hydrogens is 298 g/mol. The fraction of sp³-hybridized carbons (Fsp3) is 0.300. The lowest BCUT2D eigenvalue weighted by Gasteiger charge is -2.04. The number of fused-ring (bicyclic) bond motifs is 2. The van der Waals surface area contributed by atoms with E-state index in [4.69, 9.17) is 4.42 Å². The van der Waals surface area contributed by atoms with Gasteiger partial charge >= 0.3 is 0 Å². The molecule has 0 saturated heterocycles. The molecule has 0 saturated carbocycles. The number of hydrogen-bond donors (Lipinski definition) is 0. The minimum absolute atomic E-state index is 0.270. The minimum atomic E-state index is 0.270. The van der Waals surface area contributed by atoms with Crippen molar-refractivity contribution in [2.24, 2.45) is 14.1 Å². The van der Waals surface area contributed by atoms with Crippen LogP contribution in [0.5, 0.6) is 0 Å². The average molecular weight is 320 g/mol. The van der Waals surface area contributed by atoms with E-state index in [0.29, 0.717) is 0 Å². The summed E-state index contributed by atoms with van der Waals surface area (Å²) in [5, 5.41) is 0. The molecule has 0 fully saturated rings. The fourth-order valence-corrected chi connectivity index (χ4v) is 3.45. The highest BCUT2D eigenvalue weighted by molar-refractivity contribution is 5.91. The van der Waals surface area contributed by atoms with Crippen molar-refractivity contribution in [3.63, 3.8) is 0 Å². The number of rotatable bonds is 2. The van der Waals surface area contributed by atoms with Gasteiger partial charge in [-0.25, -0.2) is 14.1 Å². The number of aromatic nitrogens is 3. The lowest BCUT2D eigenvalue weighted by molar-refractivity contribution is -0.634. The summed E-state index contributed by atoms with van der Waals surface area (Å²) in [5.74, 6) is 2.19. The Morgan fingerprint density at radius 1 is 1.12 bits per heavy atom. The van der Waals surface area contributed by atoms with Crippen LogP contribution in [0.15, 0.2) is 40.8 Å². The first kappa shape index (κ1) is 14.9. The Labute approximate surface area is 141 Å². The summed E-state index contributed by atoms with van der Waals surface area (Å²) in [5.41, 5.74) is 6.51. The largest absolute Gasteiger partial charge is 0.439 e. The highest BCUT2D eigenvalue weighted by Gasteiger charge is 2.27. The first-order chi connectivity index (χ1) is 11.5. The van der Waals surface area contributed by atoms with Gasteiger partial charge in [0.05, 0.1) is 14.1 Å². The van der Waals surface area contributed by atoms with E-state index in [9.17, 15) is 0 Å². The van der Waals surface area contributed by atoms with Crippen molar-refractivity contribution >= 4 is 22.1 Å². The lowest BCUT2D eigenvalue weighted by atomic mass is 10.1. The first-order valence-corrected chi connectivity index (χ1v) is 8.33. The van der Waals surface area contributed by atoms with Gasteiger partial charge in [-0.15, -0.1) is 0 Å². The Bertz CT molecular complexity index is 1030. The molecule has 0 N–H and O–H groups in total. The molecule has 0 amide bonds. The summed E-state index contributed by atoms with van der Waals surface area (Å²) < 4.78 is 10.6. The van der Waals surface area contributed by atoms with E-state index in [1.54, 1.807) is 0 Å². The van der Waals surface area contributed by atoms with Gasteiger partial charge in [-0.05, 0) is 30.7 Å². The van der Waals surface area contributed by atoms with Crippen molar-refractivity contribution in [2.45, 2.75) is 26.7 Å². The second kappa shape index (κ2) is 5.20. The Kier molecular flexibility index (Phi) is 3.23. The number of imidazole rings is 1. The number of hydrogen-bond acceptors (Lipinski definition) is 2. The van der Waals surface area contributed by atoms with Gasteiger partial charge in [0.15, 0.2) is 22.5 Å². The van der Waals surface area contributed by atoms with Crippen LogP contribution >= 0.6 is 0 Å². The summed E-state index contributed by atoms with van der Waals surface area (Å²) in [6.07, 6.45) is 0. The molecule has 2 heterocycles. The molecule has 4 aromatic rings. The van der Waals surface area contributed by atoms with Crippen LogP contribution in [0.4, 0.5) is 0 Å². The Morgan fingerprint density at radius 3 is 2.58 bits per heavy atom. The maximum Gasteiger partial charge on any atom is 0.293 e. The quantitative estimate of drug-likeness (QED) is 0.518. The number of benzene rings is 2. The second-order valence-electron chi connectivity index (χ2n) is 6.74. The Morgan fingerprint density at radius 2 is 1.88 bits per heavy atom. The van der Waals surface area contributed by atoms with Crippen LogP contribution in [-0.4, -0.2) is 9.55 Å². The molecule has 0 aliphatic carbocycles. The smallest absolute Gasteiger partial charge is 0.293 e. The minimum Gasteiger partial charge on any atom is -0.439 e. The molecule has 0 atom stereocenters. The summed E-state index contributed by atoms with van der Waals surface area (Å²) in [6.45, 7) is 6.34. The molecule has 0 bridgehead atoms. The molecule has 4 nitrogen and oxygen atoms in total. The van der Waals surface area contributed by atoms with E-state index in [2.05, 4.69) is 79.3 Å². The summed E-state index contributed by atoms with van der Waals surface area (Å²) in [7, 11) is 4.21. The van der Waals surface area contributed by atoms with Crippen molar-refractivity contribution in [1.29, 1.82) is 0 Å². The van der Waals surface area contributed by atoms with Crippen molar-refractivity contribution < 1.29 is 8.98 Å². The number of para-hydroxylation sites is 2. The molecule has 2 aromatic carbocycles. The Hall–Kier alpha value is -2.62. The maximum absolute atomic E-state index is 6.16. The molecule has 0 aliphatic rings. The van der Waals surface area contributed by atoms with Crippen molar-refractivity contribution in [1.82, 2.24) is 9.55 Å². The highest BCUT2D eigenvalue weighted by atomic mass is 16.3. The van der Waals surface area contributed by atoms with E-state index in [0.717, 1.165) is 28.4 Å². The van der Waals surface area contributed by atoms with Crippen LogP contribution in [0.25, 0.3) is 33.5 Å². The summed E-state index contributed by atoms with van der Waals surface area (Å²) in [4.78, 5) is 4.67. The van der Waals surface area contributed by atoms with Crippen molar-refractivity contribution in [3.8, 4) is 11.4 Å². The summed E-state index contributed by atoms with van der Waals surface area (Å²) >= 11 is 0. The van der Waals surface area contributed by atoms with Gasteiger partial charge in [0.2, 0.25) is 0 Å². The summed E-state index contributed by atoms with van der Waals surface area (Å²) in [6, 6.07) is 12.6. The van der Waals surface area contributed by atoms with E-state index in [1.807, 2.05) is 6.07 Å². The number of nitrogens with zero attached hydrogens (tertiary/aromatic N) is 3. The Balaban J connectivity index is 2.12. The fourth-order valence-electron chi connectivity index (χ4n) is 3.45. The zero-order valence-electron chi connectivity index (χ0n) is 14.8. The monoisotopic (exact) mass is 320 g/mol. The SMILES string of the molecule is Cc1ccc2nc(C(C)C)oc2c1-c1n(C)c2ccccc2[n+]1C. The molecular formula is C20H22N3O+. The zero-order valence-corrected chi connectivity index (χ0v) is 14.8.